The van der Waals surface area contributed by atoms with Gasteiger partial charge in [-0.05, 0) is 18.9 Å². The number of nitrogens with zero attached hydrogens (tertiary/aromatic N) is 1. The van der Waals surface area contributed by atoms with Crippen molar-refractivity contribution in [3.8, 4) is 5.88 Å². The molecule has 0 bridgehead atoms. The van der Waals surface area contributed by atoms with Gasteiger partial charge < -0.3 is 10.5 Å². The van der Waals surface area contributed by atoms with Gasteiger partial charge in [-0.15, -0.1) is 0 Å². The third-order valence-electron chi connectivity index (χ3n) is 3.51. The first kappa shape index (κ1) is 11.4. The van der Waals surface area contributed by atoms with Gasteiger partial charge in [0.05, 0.1) is 6.61 Å². The molecule has 2 N–H and O–H groups in total. The predicted octanol–water partition coefficient (Wildman–Crippen LogP) is 2.37. The second-order valence-corrected chi connectivity index (χ2v) is 4.72. The minimum Gasteiger partial charge on any atom is -0.477 e. The Morgan fingerprint density at radius 1 is 1.25 bits per heavy atom. The van der Waals surface area contributed by atoms with E-state index in [4.69, 9.17) is 10.5 Å². The summed E-state index contributed by atoms with van der Waals surface area (Å²) in [5.74, 6) is 0.709. The summed E-state index contributed by atoms with van der Waals surface area (Å²) in [5, 5.41) is 0. The summed E-state index contributed by atoms with van der Waals surface area (Å²) in [6, 6.07) is 5.73. The fourth-order valence-electron chi connectivity index (χ4n) is 2.37. The Labute approximate surface area is 97.0 Å². The molecule has 16 heavy (non-hydrogen) atoms. The SMILES string of the molecule is NCC1(COc2ccccn2)CCCCC1. The predicted molar refractivity (Wildman–Crippen MR) is 64.3 cm³/mol. The molecule has 0 spiro atoms. The Morgan fingerprint density at radius 2 is 2.06 bits per heavy atom. The van der Waals surface area contributed by atoms with Crippen molar-refractivity contribution >= 4 is 0 Å². The van der Waals surface area contributed by atoms with E-state index in [-0.39, 0.29) is 5.41 Å². The summed E-state index contributed by atoms with van der Waals surface area (Å²) < 4.78 is 5.75. The van der Waals surface area contributed by atoms with Gasteiger partial charge in [0.25, 0.3) is 0 Å². The minimum absolute atomic E-state index is 0.190. The summed E-state index contributed by atoms with van der Waals surface area (Å²) in [6.07, 6.45) is 8.04. The maximum Gasteiger partial charge on any atom is 0.213 e. The lowest BCUT2D eigenvalue weighted by Crippen LogP contribution is -2.38. The van der Waals surface area contributed by atoms with Crippen LogP contribution in [0.5, 0.6) is 5.88 Å². The zero-order chi connectivity index (χ0) is 11.3. The number of rotatable bonds is 4. The second kappa shape index (κ2) is 5.30. The van der Waals surface area contributed by atoms with Gasteiger partial charge in [-0.2, -0.15) is 0 Å². The van der Waals surface area contributed by atoms with Crippen molar-refractivity contribution in [1.82, 2.24) is 4.98 Å². The van der Waals surface area contributed by atoms with E-state index in [1.807, 2.05) is 18.2 Å². The molecule has 1 heterocycles. The van der Waals surface area contributed by atoms with Gasteiger partial charge in [0.2, 0.25) is 5.88 Å². The number of ether oxygens (including phenoxy) is 1. The molecule has 1 aromatic heterocycles. The molecule has 0 unspecified atom stereocenters. The van der Waals surface area contributed by atoms with Crippen LogP contribution in [0.1, 0.15) is 32.1 Å². The Hall–Kier alpha value is -1.09. The highest BCUT2D eigenvalue weighted by molar-refractivity contribution is 5.09. The quantitative estimate of drug-likeness (QED) is 0.847. The standard InChI is InChI=1S/C13H20N2O/c14-10-13(7-3-1-4-8-13)11-16-12-6-2-5-9-15-12/h2,5-6,9H,1,3-4,7-8,10-11,14H2. The smallest absolute Gasteiger partial charge is 0.213 e. The fourth-order valence-corrected chi connectivity index (χ4v) is 2.37. The number of hydrogen-bond donors (Lipinski definition) is 1. The molecular weight excluding hydrogens is 200 g/mol. The molecule has 0 aromatic carbocycles. The molecule has 1 aliphatic carbocycles. The fraction of sp³-hybridized carbons (Fsp3) is 0.615. The van der Waals surface area contributed by atoms with Crippen LogP contribution >= 0.6 is 0 Å². The molecule has 0 saturated heterocycles. The van der Waals surface area contributed by atoms with Crippen LogP contribution in [-0.2, 0) is 0 Å². The largest absolute Gasteiger partial charge is 0.477 e. The van der Waals surface area contributed by atoms with E-state index >= 15 is 0 Å². The van der Waals surface area contributed by atoms with Gasteiger partial charge in [0, 0.05) is 24.2 Å². The molecule has 0 atom stereocenters. The summed E-state index contributed by atoms with van der Waals surface area (Å²) in [4.78, 5) is 4.17. The third-order valence-corrected chi connectivity index (χ3v) is 3.51. The van der Waals surface area contributed by atoms with E-state index < -0.39 is 0 Å². The minimum atomic E-state index is 0.190. The lowest BCUT2D eigenvalue weighted by molar-refractivity contribution is 0.102. The average Bonchev–Trinajstić information content (AvgIpc) is 2.39. The van der Waals surface area contributed by atoms with Crippen LogP contribution in [0.2, 0.25) is 0 Å². The molecule has 0 aliphatic heterocycles. The molecule has 2 rings (SSSR count). The van der Waals surface area contributed by atoms with Crippen molar-refractivity contribution in [3.05, 3.63) is 24.4 Å². The lowest BCUT2D eigenvalue weighted by Gasteiger charge is -2.35. The molecule has 1 aromatic rings. The van der Waals surface area contributed by atoms with Crippen LogP contribution in [0.15, 0.2) is 24.4 Å². The maximum atomic E-state index is 5.90. The Morgan fingerprint density at radius 3 is 2.69 bits per heavy atom. The summed E-state index contributed by atoms with van der Waals surface area (Å²) >= 11 is 0. The molecule has 1 saturated carbocycles. The van der Waals surface area contributed by atoms with Crippen LogP contribution in [-0.4, -0.2) is 18.1 Å². The number of nitrogens with two attached hydrogens (primary N) is 1. The first-order valence-corrected chi connectivity index (χ1v) is 6.09. The van der Waals surface area contributed by atoms with E-state index in [9.17, 15) is 0 Å². The van der Waals surface area contributed by atoms with E-state index in [1.54, 1.807) is 6.20 Å². The van der Waals surface area contributed by atoms with Gasteiger partial charge in [-0.3, -0.25) is 0 Å². The molecule has 0 radical (unpaired) electrons. The molecule has 1 fully saturated rings. The van der Waals surface area contributed by atoms with Crippen LogP contribution < -0.4 is 10.5 Å². The first-order valence-electron chi connectivity index (χ1n) is 6.09. The van der Waals surface area contributed by atoms with Crippen LogP contribution in [0.3, 0.4) is 0 Å². The van der Waals surface area contributed by atoms with Crippen molar-refractivity contribution in [2.75, 3.05) is 13.2 Å². The van der Waals surface area contributed by atoms with E-state index in [0.29, 0.717) is 12.5 Å². The molecule has 88 valence electrons. The molecular formula is C13H20N2O. The molecule has 3 heteroatoms. The van der Waals surface area contributed by atoms with Crippen molar-refractivity contribution in [2.45, 2.75) is 32.1 Å². The van der Waals surface area contributed by atoms with Crippen LogP contribution in [0, 0.1) is 5.41 Å². The summed E-state index contributed by atoms with van der Waals surface area (Å²) in [6.45, 7) is 1.43. The van der Waals surface area contributed by atoms with Gasteiger partial charge in [0.1, 0.15) is 0 Å². The Kier molecular flexibility index (Phi) is 3.78. The van der Waals surface area contributed by atoms with Gasteiger partial charge in [0.15, 0.2) is 0 Å². The molecule has 0 amide bonds. The van der Waals surface area contributed by atoms with Crippen LogP contribution in [0.4, 0.5) is 0 Å². The number of hydrogen-bond acceptors (Lipinski definition) is 3. The van der Waals surface area contributed by atoms with Gasteiger partial charge in [-0.25, -0.2) is 4.98 Å². The third kappa shape index (κ3) is 2.73. The monoisotopic (exact) mass is 220 g/mol. The van der Waals surface area contributed by atoms with E-state index in [0.717, 1.165) is 6.54 Å². The molecule has 3 nitrogen and oxygen atoms in total. The topological polar surface area (TPSA) is 48.1 Å². The first-order chi connectivity index (χ1) is 7.85. The molecule has 1 aliphatic rings. The highest BCUT2D eigenvalue weighted by Gasteiger charge is 2.31. The maximum absolute atomic E-state index is 5.90. The number of aromatic nitrogens is 1. The lowest BCUT2D eigenvalue weighted by atomic mass is 9.75. The van der Waals surface area contributed by atoms with Crippen molar-refractivity contribution in [2.24, 2.45) is 11.1 Å². The van der Waals surface area contributed by atoms with E-state index in [1.165, 1.54) is 32.1 Å². The average molecular weight is 220 g/mol. The van der Waals surface area contributed by atoms with Crippen molar-refractivity contribution in [1.29, 1.82) is 0 Å². The Bertz CT molecular complexity index is 307. The zero-order valence-electron chi connectivity index (χ0n) is 9.69. The van der Waals surface area contributed by atoms with E-state index in [2.05, 4.69) is 4.98 Å². The summed E-state index contributed by atoms with van der Waals surface area (Å²) in [7, 11) is 0. The van der Waals surface area contributed by atoms with Crippen molar-refractivity contribution < 1.29 is 4.74 Å². The zero-order valence-corrected chi connectivity index (χ0v) is 9.69. The Balaban J connectivity index is 1.92. The highest BCUT2D eigenvalue weighted by Crippen LogP contribution is 2.35. The number of pyridine rings is 1. The normalized spacial score (nSPS) is 19.3. The second-order valence-electron chi connectivity index (χ2n) is 4.72. The highest BCUT2D eigenvalue weighted by atomic mass is 16.5. The van der Waals surface area contributed by atoms with Crippen LogP contribution in [0.25, 0.3) is 0 Å². The van der Waals surface area contributed by atoms with Crippen molar-refractivity contribution in [3.63, 3.8) is 0 Å². The van der Waals surface area contributed by atoms with Gasteiger partial charge in [-0.1, -0.05) is 25.3 Å². The summed E-state index contributed by atoms with van der Waals surface area (Å²) in [5.41, 5.74) is 6.09. The van der Waals surface area contributed by atoms with Gasteiger partial charge >= 0.3 is 0 Å².